The van der Waals surface area contributed by atoms with E-state index in [0.717, 1.165) is 31.5 Å². The second kappa shape index (κ2) is 8.11. The lowest BCUT2D eigenvalue weighted by Gasteiger charge is -2.09. The van der Waals surface area contributed by atoms with Crippen LogP contribution in [0.25, 0.3) is 10.8 Å². The summed E-state index contributed by atoms with van der Waals surface area (Å²) in [4.78, 5) is 4.43. The molecule has 2 N–H and O–H groups in total. The molecule has 122 valence electrons. The molecule has 0 aliphatic rings. The quantitative estimate of drug-likeness (QED) is 0.292. The molecule has 0 unspecified atom stereocenters. The van der Waals surface area contributed by atoms with E-state index in [1.165, 1.54) is 22.7 Å². The molecule has 0 radical (unpaired) electrons. The molecule has 2 aromatic carbocycles. The van der Waals surface area contributed by atoms with Crippen LogP contribution in [0.1, 0.15) is 24.2 Å². The molecule has 0 spiro atoms. The molecule has 1 aromatic heterocycles. The molecule has 4 heteroatoms. The van der Waals surface area contributed by atoms with Gasteiger partial charge in [0.15, 0.2) is 0 Å². The number of hydrogen-bond acceptors (Lipinski definition) is 4. The second-order valence-electron chi connectivity index (χ2n) is 5.71. The Morgan fingerprint density at radius 2 is 1.79 bits per heavy atom. The second-order valence-corrected chi connectivity index (χ2v) is 5.71. The molecule has 1 heterocycles. The van der Waals surface area contributed by atoms with Gasteiger partial charge in [0.2, 0.25) is 0 Å². The van der Waals surface area contributed by atoms with E-state index in [1.807, 2.05) is 18.2 Å². The molecular weight excluding hydrogens is 298 g/mol. The van der Waals surface area contributed by atoms with Gasteiger partial charge in [-0.1, -0.05) is 47.6 Å². The fourth-order valence-corrected chi connectivity index (χ4v) is 2.80. The molecule has 3 rings (SSSR count). The van der Waals surface area contributed by atoms with Crippen LogP contribution in [-0.2, 0) is 6.42 Å². The zero-order chi connectivity index (χ0) is 16.6. The molecule has 0 bridgehead atoms. The predicted molar refractivity (Wildman–Crippen MR) is 99.0 cm³/mol. The Balaban J connectivity index is 1.49. The summed E-state index contributed by atoms with van der Waals surface area (Å²) in [6.07, 6.45) is 4.41. The summed E-state index contributed by atoms with van der Waals surface area (Å²) in [6.45, 7) is 0.936. The average Bonchev–Trinajstić information content (AvgIpc) is 2.62. The predicted octanol–water partition coefficient (Wildman–Crippen LogP) is 4.48. The highest BCUT2D eigenvalue weighted by atomic mass is 16.4. The van der Waals surface area contributed by atoms with Crippen molar-refractivity contribution in [3.63, 3.8) is 0 Å². The maximum Gasteiger partial charge on any atom is 0.0918 e. The van der Waals surface area contributed by atoms with Crippen LogP contribution in [0.3, 0.4) is 0 Å². The van der Waals surface area contributed by atoms with Gasteiger partial charge in [0.25, 0.3) is 0 Å². The Kier molecular flexibility index (Phi) is 5.40. The van der Waals surface area contributed by atoms with E-state index in [2.05, 4.69) is 57.9 Å². The third-order valence-corrected chi connectivity index (χ3v) is 3.98. The highest BCUT2D eigenvalue weighted by Crippen LogP contribution is 2.22. The molecule has 0 amide bonds. The minimum atomic E-state index is 0.684. The number of nitrogens with zero attached hydrogens (tertiary/aromatic N) is 2. The normalized spacial score (nSPS) is 11.2. The number of benzene rings is 2. The van der Waals surface area contributed by atoms with Crippen LogP contribution < -0.4 is 5.32 Å². The van der Waals surface area contributed by atoms with Gasteiger partial charge in [-0.05, 0) is 42.8 Å². The number of anilines is 1. The summed E-state index contributed by atoms with van der Waals surface area (Å²) in [6, 6.07) is 20.5. The highest BCUT2D eigenvalue weighted by molar-refractivity contribution is 5.93. The van der Waals surface area contributed by atoms with Gasteiger partial charge in [-0.25, -0.2) is 0 Å². The van der Waals surface area contributed by atoms with Crippen molar-refractivity contribution in [1.29, 1.82) is 0 Å². The maximum atomic E-state index is 8.56. The van der Waals surface area contributed by atoms with Crippen molar-refractivity contribution >= 4 is 22.7 Å². The van der Waals surface area contributed by atoms with Crippen molar-refractivity contribution < 1.29 is 5.21 Å². The fraction of sp³-hybridized carbons (Fsp3) is 0.200. The van der Waals surface area contributed by atoms with E-state index in [4.69, 9.17) is 5.21 Å². The number of aryl methyl sites for hydroxylation is 1. The van der Waals surface area contributed by atoms with Crippen molar-refractivity contribution in [2.75, 3.05) is 11.9 Å². The third-order valence-electron chi connectivity index (χ3n) is 3.98. The number of nitrogens with one attached hydrogen (secondary N) is 1. The van der Waals surface area contributed by atoms with E-state index >= 15 is 0 Å². The van der Waals surface area contributed by atoms with Gasteiger partial charge in [-0.15, -0.1) is 0 Å². The van der Waals surface area contributed by atoms with Gasteiger partial charge < -0.3 is 10.5 Å². The molecular formula is C20H21N3O. The van der Waals surface area contributed by atoms with Crippen molar-refractivity contribution in [2.45, 2.75) is 19.3 Å². The topological polar surface area (TPSA) is 57.5 Å². The number of pyridine rings is 1. The van der Waals surface area contributed by atoms with Gasteiger partial charge in [0, 0.05) is 23.3 Å². The molecule has 0 fully saturated rings. The summed E-state index contributed by atoms with van der Waals surface area (Å²) in [5.41, 5.74) is 2.90. The third kappa shape index (κ3) is 4.10. The Bertz CT molecular complexity index is 824. The first-order valence-electron chi connectivity index (χ1n) is 8.22. The monoisotopic (exact) mass is 319 g/mol. The minimum absolute atomic E-state index is 0.684. The van der Waals surface area contributed by atoms with Crippen molar-refractivity contribution in [3.05, 3.63) is 72.1 Å². The maximum absolute atomic E-state index is 8.56. The Morgan fingerprint density at radius 1 is 0.958 bits per heavy atom. The summed E-state index contributed by atoms with van der Waals surface area (Å²) in [7, 11) is 0. The van der Waals surface area contributed by atoms with Gasteiger partial charge in [0.05, 0.1) is 11.9 Å². The van der Waals surface area contributed by atoms with E-state index in [1.54, 1.807) is 0 Å². The van der Waals surface area contributed by atoms with Gasteiger partial charge in [0.1, 0.15) is 0 Å². The number of fused-ring (bicyclic) bond motifs is 1. The zero-order valence-electron chi connectivity index (χ0n) is 13.5. The lowest BCUT2D eigenvalue weighted by atomic mass is 10.1. The molecule has 0 saturated carbocycles. The van der Waals surface area contributed by atoms with Gasteiger partial charge in [-0.3, -0.25) is 4.98 Å². The fourth-order valence-electron chi connectivity index (χ4n) is 2.80. The standard InChI is InChI=1S/C20H21N3O/c24-22-15-18-11-6-10-17(23-18)9-3-4-14-21-20-13-5-8-16-7-1-2-12-19(16)20/h1-2,5-8,10-13,15,21,24H,3-4,9,14H2/b22-15+. The van der Waals surface area contributed by atoms with Crippen LogP contribution in [0.15, 0.2) is 65.8 Å². The molecule has 0 aliphatic carbocycles. The average molecular weight is 319 g/mol. The van der Waals surface area contributed by atoms with Crippen molar-refractivity contribution in [1.82, 2.24) is 4.98 Å². The largest absolute Gasteiger partial charge is 0.411 e. The van der Waals surface area contributed by atoms with E-state index < -0.39 is 0 Å². The SMILES string of the molecule is O/N=C/c1cccc(CCCCNc2cccc3ccccc23)n1. The number of rotatable bonds is 7. The number of aromatic nitrogens is 1. The molecule has 0 aliphatic heterocycles. The van der Waals surface area contributed by atoms with Gasteiger partial charge >= 0.3 is 0 Å². The van der Waals surface area contributed by atoms with Crippen LogP contribution in [0, 0.1) is 0 Å². The van der Waals surface area contributed by atoms with Crippen molar-refractivity contribution in [3.8, 4) is 0 Å². The molecule has 0 saturated heterocycles. The van der Waals surface area contributed by atoms with Crippen LogP contribution in [-0.4, -0.2) is 23.0 Å². The number of hydrogen-bond donors (Lipinski definition) is 2. The molecule has 24 heavy (non-hydrogen) atoms. The van der Waals surface area contributed by atoms with Crippen LogP contribution in [0.5, 0.6) is 0 Å². The van der Waals surface area contributed by atoms with E-state index in [0.29, 0.717) is 5.69 Å². The number of oxime groups is 1. The molecule has 3 aromatic rings. The Hall–Kier alpha value is -2.88. The van der Waals surface area contributed by atoms with Crippen LogP contribution in [0.4, 0.5) is 5.69 Å². The van der Waals surface area contributed by atoms with E-state index in [-0.39, 0.29) is 0 Å². The lowest BCUT2D eigenvalue weighted by Crippen LogP contribution is -2.03. The number of unbranched alkanes of at least 4 members (excludes halogenated alkanes) is 1. The minimum Gasteiger partial charge on any atom is -0.411 e. The summed E-state index contributed by atoms with van der Waals surface area (Å²) in [5.74, 6) is 0. The summed E-state index contributed by atoms with van der Waals surface area (Å²) >= 11 is 0. The molecule has 4 nitrogen and oxygen atoms in total. The molecule has 0 atom stereocenters. The van der Waals surface area contributed by atoms with Gasteiger partial charge in [-0.2, -0.15) is 0 Å². The van der Waals surface area contributed by atoms with E-state index in [9.17, 15) is 0 Å². The first-order chi connectivity index (χ1) is 11.9. The van der Waals surface area contributed by atoms with Crippen LogP contribution in [0.2, 0.25) is 0 Å². The Morgan fingerprint density at radius 3 is 2.71 bits per heavy atom. The first-order valence-corrected chi connectivity index (χ1v) is 8.22. The highest BCUT2D eigenvalue weighted by Gasteiger charge is 2.00. The summed E-state index contributed by atoms with van der Waals surface area (Å²) < 4.78 is 0. The first kappa shape index (κ1) is 16.0. The summed E-state index contributed by atoms with van der Waals surface area (Å²) in [5, 5.41) is 17.6. The smallest absolute Gasteiger partial charge is 0.0918 e. The lowest BCUT2D eigenvalue weighted by molar-refractivity contribution is 0.321. The zero-order valence-corrected chi connectivity index (χ0v) is 13.5. The van der Waals surface area contributed by atoms with Crippen LogP contribution >= 0.6 is 0 Å². The Labute approximate surface area is 141 Å². The van der Waals surface area contributed by atoms with Crippen molar-refractivity contribution in [2.24, 2.45) is 5.16 Å².